The van der Waals surface area contributed by atoms with E-state index in [1.165, 1.54) is 17.4 Å². The number of pyridine rings is 1. The average molecular weight is 380 g/mol. The number of carbonyl (C=O) groups is 2. The van der Waals surface area contributed by atoms with Gasteiger partial charge in [0.1, 0.15) is 5.69 Å². The van der Waals surface area contributed by atoms with E-state index in [9.17, 15) is 9.59 Å². The molecule has 1 fully saturated rings. The minimum Gasteiger partial charge on any atom is -0.368 e. The highest BCUT2D eigenvalue weighted by atomic mass is 16.2. The maximum Gasteiger partial charge on any atom is 0.272 e. The van der Waals surface area contributed by atoms with E-state index in [0.29, 0.717) is 30.9 Å². The number of rotatable bonds is 6. The van der Waals surface area contributed by atoms with Crippen molar-refractivity contribution in [3.63, 3.8) is 0 Å². The minimum absolute atomic E-state index is 0.118. The standard InChI is InChI=1S/C22H28N4O2/c1-3-4-9-24-21(27)18-8-10-23-20(16-18)22(28)26-13-11-25(12-14-26)19-7-5-6-17(2)15-19/h5-8,10,15-16H,3-4,9,11-14H2,1-2H3,(H,24,27). The number of unbranched alkanes of at least 4 members (excludes halogenated alkanes) is 1. The fourth-order valence-corrected chi connectivity index (χ4v) is 3.32. The van der Waals surface area contributed by atoms with E-state index in [1.54, 1.807) is 12.1 Å². The van der Waals surface area contributed by atoms with Crippen molar-refractivity contribution in [1.29, 1.82) is 0 Å². The lowest BCUT2D eigenvalue weighted by molar-refractivity contribution is 0.0741. The smallest absolute Gasteiger partial charge is 0.272 e. The van der Waals surface area contributed by atoms with Gasteiger partial charge in [0.05, 0.1) is 0 Å². The number of hydrogen-bond donors (Lipinski definition) is 1. The summed E-state index contributed by atoms with van der Waals surface area (Å²) < 4.78 is 0. The fourth-order valence-electron chi connectivity index (χ4n) is 3.32. The summed E-state index contributed by atoms with van der Waals surface area (Å²) in [5.74, 6) is -0.277. The van der Waals surface area contributed by atoms with Gasteiger partial charge in [-0.1, -0.05) is 25.5 Å². The molecule has 0 atom stereocenters. The van der Waals surface area contributed by atoms with E-state index < -0.39 is 0 Å². The minimum atomic E-state index is -0.158. The molecular formula is C22H28N4O2. The number of piperazine rings is 1. The molecule has 6 heteroatoms. The summed E-state index contributed by atoms with van der Waals surface area (Å²) in [7, 11) is 0. The zero-order valence-corrected chi connectivity index (χ0v) is 16.6. The lowest BCUT2D eigenvalue weighted by Crippen LogP contribution is -2.49. The molecule has 2 heterocycles. The van der Waals surface area contributed by atoms with Crippen molar-refractivity contribution >= 4 is 17.5 Å². The Morgan fingerprint density at radius 1 is 1.11 bits per heavy atom. The quantitative estimate of drug-likeness (QED) is 0.783. The van der Waals surface area contributed by atoms with Crippen LogP contribution in [0.5, 0.6) is 0 Å². The van der Waals surface area contributed by atoms with E-state index in [1.807, 2.05) is 4.90 Å². The highest BCUT2D eigenvalue weighted by Crippen LogP contribution is 2.18. The van der Waals surface area contributed by atoms with Crippen LogP contribution >= 0.6 is 0 Å². The van der Waals surface area contributed by atoms with Crippen molar-refractivity contribution in [3.05, 3.63) is 59.4 Å². The third-order valence-corrected chi connectivity index (χ3v) is 4.99. The molecule has 1 aromatic carbocycles. The van der Waals surface area contributed by atoms with Crippen LogP contribution in [0, 0.1) is 6.92 Å². The number of aryl methyl sites for hydroxylation is 1. The number of nitrogens with zero attached hydrogens (tertiary/aromatic N) is 3. The molecule has 0 unspecified atom stereocenters. The molecule has 1 aliphatic heterocycles. The molecular weight excluding hydrogens is 352 g/mol. The van der Waals surface area contributed by atoms with Crippen molar-refractivity contribution in [1.82, 2.24) is 15.2 Å². The first kappa shape index (κ1) is 19.9. The largest absolute Gasteiger partial charge is 0.368 e. The van der Waals surface area contributed by atoms with E-state index in [0.717, 1.165) is 25.9 Å². The Balaban J connectivity index is 1.60. The average Bonchev–Trinajstić information content (AvgIpc) is 2.73. The molecule has 148 valence electrons. The van der Waals surface area contributed by atoms with Crippen molar-refractivity contribution < 1.29 is 9.59 Å². The van der Waals surface area contributed by atoms with E-state index >= 15 is 0 Å². The fraction of sp³-hybridized carbons (Fsp3) is 0.409. The highest BCUT2D eigenvalue weighted by molar-refractivity contribution is 5.98. The van der Waals surface area contributed by atoms with E-state index in [4.69, 9.17) is 0 Å². The number of aromatic nitrogens is 1. The topological polar surface area (TPSA) is 65.5 Å². The van der Waals surface area contributed by atoms with E-state index in [-0.39, 0.29) is 11.8 Å². The summed E-state index contributed by atoms with van der Waals surface area (Å²) in [6, 6.07) is 11.7. The summed E-state index contributed by atoms with van der Waals surface area (Å²) >= 11 is 0. The molecule has 2 aromatic rings. The molecule has 1 N–H and O–H groups in total. The van der Waals surface area contributed by atoms with Gasteiger partial charge in [0.15, 0.2) is 0 Å². The van der Waals surface area contributed by atoms with Crippen molar-refractivity contribution in [2.45, 2.75) is 26.7 Å². The van der Waals surface area contributed by atoms with Gasteiger partial charge in [-0.25, -0.2) is 0 Å². The Labute approximate surface area is 166 Å². The molecule has 1 aromatic heterocycles. The van der Waals surface area contributed by atoms with Crippen LogP contribution in [0.15, 0.2) is 42.6 Å². The third kappa shape index (κ3) is 4.88. The van der Waals surface area contributed by atoms with Crippen LogP contribution in [0.3, 0.4) is 0 Å². The Hall–Kier alpha value is -2.89. The lowest BCUT2D eigenvalue weighted by Gasteiger charge is -2.36. The first-order chi connectivity index (χ1) is 13.6. The first-order valence-electron chi connectivity index (χ1n) is 9.93. The van der Waals surface area contributed by atoms with E-state index in [2.05, 4.69) is 53.3 Å². The van der Waals surface area contributed by atoms with Crippen LogP contribution in [0.1, 0.15) is 46.2 Å². The Kier molecular flexibility index (Phi) is 6.63. The Morgan fingerprint density at radius 2 is 1.89 bits per heavy atom. The monoisotopic (exact) mass is 380 g/mol. The normalized spacial score (nSPS) is 14.1. The number of benzene rings is 1. The predicted octanol–water partition coefficient (Wildman–Crippen LogP) is 2.88. The molecule has 0 radical (unpaired) electrons. The Bertz CT molecular complexity index is 829. The molecule has 28 heavy (non-hydrogen) atoms. The van der Waals surface area contributed by atoms with Crippen LogP contribution in [0.2, 0.25) is 0 Å². The second kappa shape index (κ2) is 9.35. The second-order valence-corrected chi connectivity index (χ2v) is 7.16. The van der Waals surface area contributed by atoms with Crippen LogP contribution < -0.4 is 10.2 Å². The number of carbonyl (C=O) groups excluding carboxylic acids is 2. The van der Waals surface area contributed by atoms with Crippen molar-refractivity contribution in [2.24, 2.45) is 0 Å². The summed E-state index contributed by atoms with van der Waals surface area (Å²) in [6.07, 6.45) is 3.49. The van der Waals surface area contributed by atoms with Crippen LogP contribution in [-0.2, 0) is 0 Å². The first-order valence-corrected chi connectivity index (χ1v) is 9.93. The molecule has 1 aliphatic rings. The van der Waals surface area contributed by atoms with Gasteiger partial charge in [0.2, 0.25) is 0 Å². The van der Waals surface area contributed by atoms with Crippen LogP contribution in [0.4, 0.5) is 5.69 Å². The van der Waals surface area contributed by atoms with Crippen molar-refractivity contribution in [2.75, 3.05) is 37.6 Å². The van der Waals surface area contributed by atoms with Gasteiger partial charge < -0.3 is 15.1 Å². The zero-order valence-electron chi connectivity index (χ0n) is 16.6. The molecule has 1 saturated heterocycles. The molecule has 0 spiro atoms. The van der Waals surface area contributed by atoms with Crippen molar-refractivity contribution in [3.8, 4) is 0 Å². The summed E-state index contributed by atoms with van der Waals surface area (Å²) in [5, 5.41) is 2.88. The molecule has 3 rings (SSSR count). The number of anilines is 1. The second-order valence-electron chi connectivity index (χ2n) is 7.16. The van der Waals surface area contributed by atoms with Crippen LogP contribution in [-0.4, -0.2) is 54.4 Å². The number of hydrogen-bond acceptors (Lipinski definition) is 4. The maximum atomic E-state index is 12.8. The molecule has 0 bridgehead atoms. The predicted molar refractivity (Wildman–Crippen MR) is 111 cm³/mol. The number of nitrogens with one attached hydrogen (secondary N) is 1. The molecule has 2 amide bonds. The van der Waals surface area contributed by atoms with Gasteiger partial charge in [-0.05, 0) is 43.2 Å². The molecule has 0 saturated carbocycles. The van der Waals surface area contributed by atoms with Gasteiger partial charge in [0.25, 0.3) is 11.8 Å². The third-order valence-electron chi connectivity index (χ3n) is 4.99. The molecule has 0 aliphatic carbocycles. The zero-order chi connectivity index (χ0) is 19.9. The summed E-state index contributed by atoms with van der Waals surface area (Å²) in [6.45, 7) is 7.65. The SMILES string of the molecule is CCCCNC(=O)c1ccnc(C(=O)N2CCN(c3cccc(C)c3)CC2)c1. The summed E-state index contributed by atoms with van der Waals surface area (Å²) in [4.78, 5) is 33.4. The molecule has 6 nitrogen and oxygen atoms in total. The van der Waals surface area contributed by atoms with Gasteiger partial charge in [-0.15, -0.1) is 0 Å². The lowest BCUT2D eigenvalue weighted by atomic mass is 10.1. The van der Waals surface area contributed by atoms with Gasteiger partial charge in [-0.2, -0.15) is 0 Å². The highest BCUT2D eigenvalue weighted by Gasteiger charge is 2.23. The van der Waals surface area contributed by atoms with Gasteiger partial charge >= 0.3 is 0 Å². The van der Waals surface area contributed by atoms with Gasteiger partial charge in [-0.3, -0.25) is 14.6 Å². The Morgan fingerprint density at radius 3 is 2.61 bits per heavy atom. The summed E-state index contributed by atoms with van der Waals surface area (Å²) in [5.41, 5.74) is 3.23. The maximum absolute atomic E-state index is 12.8. The number of amides is 2. The van der Waals surface area contributed by atoms with Gasteiger partial charge in [0, 0.05) is 50.2 Å². The van der Waals surface area contributed by atoms with Crippen LogP contribution in [0.25, 0.3) is 0 Å².